The van der Waals surface area contributed by atoms with Gasteiger partial charge >= 0.3 is 5.97 Å². The number of carbonyl (C=O) groups is 1. The van der Waals surface area contributed by atoms with Gasteiger partial charge in [0.15, 0.2) is 11.6 Å². The minimum atomic E-state index is -0.979. The van der Waals surface area contributed by atoms with E-state index in [1.807, 2.05) is 0 Å². The molecular weight excluding hydrogens is 273 g/mol. The first-order chi connectivity index (χ1) is 10.1. The van der Waals surface area contributed by atoms with E-state index in [-0.39, 0.29) is 17.9 Å². The van der Waals surface area contributed by atoms with Crippen molar-refractivity contribution in [3.63, 3.8) is 0 Å². The Bertz CT molecular complexity index is 626. The van der Waals surface area contributed by atoms with Crippen LogP contribution in [0.2, 0.25) is 0 Å². The topological polar surface area (TPSA) is 58.6 Å². The van der Waals surface area contributed by atoms with Gasteiger partial charge in [0.25, 0.3) is 0 Å². The van der Waals surface area contributed by atoms with Crippen LogP contribution in [0, 0.1) is 5.82 Å². The Hall–Kier alpha value is -2.40. The van der Waals surface area contributed by atoms with E-state index in [4.69, 9.17) is 9.84 Å². The van der Waals surface area contributed by atoms with Crippen LogP contribution in [0.4, 0.5) is 4.39 Å². The predicted octanol–water partition coefficient (Wildman–Crippen LogP) is 2.82. The third-order valence-electron chi connectivity index (χ3n) is 3.00. The number of hydrogen-bond donors (Lipinski definition) is 2. The van der Waals surface area contributed by atoms with E-state index in [9.17, 15) is 9.18 Å². The SMILES string of the molecule is CNCc1cccc(F)c1OCc1ccc(C(=O)O)cc1. The second-order valence-corrected chi connectivity index (χ2v) is 4.55. The summed E-state index contributed by atoms with van der Waals surface area (Å²) in [5.74, 6) is -1.17. The third-order valence-corrected chi connectivity index (χ3v) is 3.00. The van der Waals surface area contributed by atoms with E-state index in [1.54, 1.807) is 31.3 Å². The summed E-state index contributed by atoms with van der Waals surface area (Å²) in [5.41, 5.74) is 1.72. The van der Waals surface area contributed by atoms with Crippen LogP contribution in [0.3, 0.4) is 0 Å². The standard InChI is InChI=1S/C16H16FNO3/c1-18-9-13-3-2-4-14(17)15(13)21-10-11-5-7-12(8-6-11)16(19)20/h2-8,18H,9-10H2,1H3,(H,19,20). The van der Waals surface area contributed by atoms with E-state index in [1.165, 1.54) is 18.2 Å². The highest BCUT2D eigenvalue weighted by Crippen LogP contribution is 2.23. The zero-order valence-electron chi connectivity index (χ0n) is 11.6. The van der Waals surface area contributed by atoms with Gasteiger partial charge in [-0.2, -0.15) is 0 Å². The Morgan fingerprint density at radius 2 is 1.95 bits per heavy atom. The number of ether oxygens (including phenoxy) is 1. The van der Waals surface area contributed by atoms with Gasteiger partial charge in [0.2, 0.25) is 0 Å². The number of benzene rings is 2. The van der Waals surface area contributed by atoms with Crippen LogP contribution in [0.25, 0.3) is 0 Å². The number of carboxylic acid groups (broad SMARTS) is 1. The van der Waals surface area contributed by atoms with Crippen LogP contribution in [-0.4, -0.2) is 18.1 Å². The maximum absolute atomic E-state index is 13.8. The molecule has 0 aliphatic rings. The molecule has 0 heterocycles. The smallest absolute Gasteiger partial charge is 0.335 e. The number of rotatable bonds is 6. The molecule has 0 aliphatic heterocycles. The van der Waals surface area contributed by atoms with Crippen LogP contribution in [0.15, 0.2) is 42.5 Å². The molecule has 0 fully saturated rings. The summed E-state index contributed by atoms with van der Waals surface area (Å²) in [7, 11) is 1.78. The fourth-order valence-corrected chi connectivity index (χ4v) is 1.94. The van der Waals surface area contributed by atoms with Gasteiger partial charge in [-0.15, -0.1) is 0 Å². The van der Waals surface area contributed by atoms with E-state index in [2.05, 4.69) is 5.32 Å². The number of halogens is 1. The fraction of sp³-hybridized carbons (Fsp3) is 0.188. The molecule has 110 valence electrons. The molecule has 0 aliphatic carbocycles. The summed E-state index contributed by atoms with van der Waals surface area (Å²) in [4.78, 5) is 10.8. The molecule has 0 radical (unpaired) electrons. The van der Waals surface area contributed by atoms with Crippen molar-refractivity contribution in [1.82, 2.24) is 5.32 Å². The average molecular weight is 289 g/mol. The van der Waals surface area contributed by atoms with E-state index in [0.29, 0.717) is 6.54 Å². The molecule has 5 heteroatoms. The minimum absolute atomic E-state index is 0.178. The molecule has 21 heavy (non-hydrogen) atoms. The van der Waals surface area contributed by atoms with Crippen molar-refractivity contribution in [1.29, 1.82) is 0 Å². The van der Waals surface area contributed by atoms with Gasteiger partial charge in [-0.1, -0.05) is 24.3 Å². The summed E-state index contributed by atoms with van der Waals surface area (Å²) in [6.45, 7) is 0.683. The highest BCUT2D eigenvalue weighted by molar-refractivity contribution is 5.87. The lowest BCUT2D eigenvalue weighted by atomic mass is 10.1. The van der Waals surface area contributed by atoms with Crippen molar-refractivity contribution in [2.45, 2.75) is 13.2 Å². The second kappa shape index (κ2) is 6.85. The fourth-order valence-electron chi connectivity index (χ4n) is 1.94. The molecule has 2 aromatic carbocycles. The van der Waals surface area contributed by atoms with Crippen molar-refractivity contribution >= 4 is 5.97 Å². The Balaban J connectivity index is 2.10. The molecule has 0 aromatic heterocycles. The van der Waals surface area contributed by atoms with E-state index < -0.39 is 11.8 Å². The quantitative estimate of drug-likeness (QED) is 0.858. The first-order valence-corrected chi connectivity index (χ1v) is 6.49. The Labute approximate surface area is 122 Å². The van der Waals surface area contributed by atoms with Crippen LogP contribution >= 0.6 is 0 Å². The summed E-state index contributed by atoms with van der Waals surface area (Å²) < 4.78 is 19.4. The molecule has 4 nitrogen and oxygen atoms in total. The predicted molar refractivity (Wildman–Crippen MR) is 76.9 cm³/mol. The number of para-hydroxylation sites is 1. The van der Waals surface area contributed by atoms with Crippen LogP contribution in [-0.2, 0) is 13.2 Å². The zero-order chi connectivity index (χ0) is 15.2. The lowest BCUT2D eigenvalue weighted by Gasteiger charge is -2.12. The van der Waals surface area contributed by atoms with Gasteiger partial charge < -0.3 is 15.2 Å². The highest BCUT2D eigenvalue weighted by atomic mass is 19.1. The van der Waals surface area contributed by atoms with Gasteiger partial charge in [-0.25, -0.2) is 9.18 Å². The van der Waals surface area contributed by atoms with Crippen molar-refractivity contribution in [2.75, 3.05) is 7.05 Å². The Kier molecular flexibility index (Phi) is 4.90. The van der Waals surface area contributed by atoms with Crippen LogP contribution in [0.5, 0.6) is 5.75 Å². The molecule has 2 rings (SSSR count). The molecule has 0 unspecified atom stereocenters. The van der Waals surface area contributed by atoms with Gasteiger partial charge in [-0.3, -0.25) is 0 Å². The van der Waals surface area contributed by atoms with E-state index >= 15 is 0 Å². The van der Waals surface area contributed by atoms with Crippen molar-refractivity contribution in [3.05, 3.63) is 65.0 Å². The zero-order valence-corrected chi connectivity index (χ0v) is 11.6. The van der Waals surface area contributed by atoms with Crippen molar-refractivity contribution < 1.29 is 19.0 Å². The van der Waals surface area contributed by atoms with Gasteiger partial charge in [0.1, 0.15) is 6.61 Å². The first kappa shape index (κ1) is 15.0. The Morgan fingerprint density at radius 3 is 2.57 bits per heavy atom. The Morgan fingerprint density at radius 1 is 1.24 bits per heavy atom. The van der Waals surface area contributed by atoms with Crippen molar-refractivity contribution in [3.8, 4) is 5.75 Å². The number of carboxylic acids is 1. The van der Waals surface area contributed by atoms with Gasteiger partial charge in [0.05, 0.1) is 5.56 Å². The lowest BCUT2D eigenvalue weighted by molar-refractivity contribution is 0.0697. The minimum Gasteiger partial charge on any atom is -0.485 e. The summed E-state index contributed by atoms with van der Waals surface area (Å²) in [6, 6.07) is 11.1. The lowest BCUT2D eigenvalue weighted by Crippen LogP contribution is -2.08. The molecule has 0 amide bonds. The molecular formula is C16H16FNO3. The number of hydrogen-bond acceptors (Lipinski definition) is 3. The first-order valence-electron chi connectivity index (χ1n) is 6.49. The third kappa shape index (κ3) is 3.79. The summed E-state index contributed by atoms with van der Waals surface area (Å²) in [5, 5.41) is 11.8. The van der Waals surface area contributed by atoms with Crippen LogP contribution in [0.1, 0.15) is 21.5 Å². The molecule has 0 saturated heterocycles. The summed E-state index contributed by atoms with van der Waals surface area (Å²) in [6.07, 6.45) is 0. The highest BCUT2D eigenvalue weighted by Gasteiger charge is 2.10. The molecule has 2 N–H and O–H groups in total. The number of aromatic carboxylic acids is 1. The second-order valence-electron chi connectivity index (χ2n) is 4.55. The van der Waals surface area contributed by atoms with Crippen molar-refractivity contribution in [2.24, 2.45) is 0 Å². The summed E-state index contributed by atoms with van der Waals surface area (Å²) >= 11 is 0. The largest absolute Gasteiger partial charge is 0.485 e. The number of nitrogens with one attached hydrogen (secondary N) is 1. The molecule has 0 saturated carbocycles. The average Bonchev–Trinajstić information content (AvgIpc) is 2.47. The van der Waals surface area contributed by atoms with Gasteiger partial charge in [0, 0.05) is 12.1 Å². The van der Waals surface area contributed by atoms with Gasteiger partial charge in [-0.05, 0) is 30.8 Å². The maximum atomic E-state index is 13.8. The molecule has 0 spiro atoms. The molecule has 2 aromatic rings. The normalized spacial score (nSPS) is 10.4. The maximum Gasteiger partial charge on any atom is 0.335 e. The van der Waals surface area contributed by atoms with Crippen LogP contribution < -0.4 is 10.1 Å². The molecule has 0 bridgehead atoms. The molecule has 0 atom stereocenters. The monoisotopic (exact) mass is 289 g/mol. The van der Waals surface area contributed by atoms with E-state index in [0.717, 1.165) is 11.1 Å².